The smallest absolute Gasteiger partial charge is 0.291 e. The van der Waals surface area contributed by atoms with Crippen molar-refractivity contribution in [2.45, 2.75) is 38.2 Å². The Balaban J connectivity index is 1.78. The van der Waals surface area contributed by atoms with Gasteiger partial charge < -0.3 is 9.73 Å². The van der Waals surface area contributed by atoms with Crippen LogP contribution < -0.4 is 5.32 Å². The van der Waals surface area contributed by atoms with Gasteiger partial charge in [0.05, 0.1) is 0 Å². The van der Waals surface area contributed by atoms with Gasteiger partial charge >= 0.3 is 0 Å². The number of rotatable bonds is 4. The molecule has 0 atom stereocenters. The predicted molar refractivity (Wildman–Crippen MR) is 95.2 cm³/mol. The van der Waals surface area contributed by atoms with E-state index in [4.69, 9.17) is 4.42 Å². The number of hydrogen-bond acceptors (Lipinski definition) is 4. The summed E-state index contributed by atoms with van der Waals surface area (Å²) in [5.74, 6) is -0.481. The molecule has 6 nitrogen and oxygen atoms in total. The van der Waals surface area contributed by atoms with Crippen molar-refractivity contribution < 1.29 is 17.6 Å². The fraction of sp³-hybridized carbons (Fsp3) is 0.389. The van der Waals surface area contributed by atoms with E-state index in [1.54, 1.807) is 0 Å². The van der Waals surface area contributed by atoms with Gasteiger partial charge in [0.2, 0.25) is 5.09 Å². The highest BCUT2D eigenvalue weighted by molar-refractivity contribution is 7.89. The van der Waals surface area contributed by atoms with Gasteiger partial charge in [-0.05, 0) is 56.0 Å². The van der Waals surface area contributed by atoms with Crippen molar-refractivity contribution in [3.05, 3.63) is 47.2 Å². The molecule has 0 saturated carbocycles. The molecule has 1 fully saturated rings. The number of benzene rings is 1. The maximum Gasteiger partial charge on any atom is 0.291 e. The van der Waals surface area contributed by atoms with Gasteiger partial charge in [-0.2, -0.15) is 4.31 Å². The lowest BCUT2D eigenvalue weighted by Crippen LogP contribution is -2.35. The molecule has 1 aromatic heterocycles. The van der Waals surface area contributed by atoms with E-state index in [-0.39, 0.29) is 10.9 Å². The van der Waals surface area contributed by atoms with Crippen LogP contribution in [0.25, 0.3) is 0 Å². The number of nitrogens with one attached hydrogen (secondary N) is 1. The summed E-state index contributed by atoms with van der Waals surface area (Å²) in [5.41, 5.74) is 2.63. The van der Waals surface area contributed by atoms with Crippen molar-refractivity contribution in [2.24, 2.45) is 0 Å². The third kappa shape index (κ3) is 3.77. The number of carbonyl (C=O) groups excluding carboxylic acids is 1. The molecular formula is C18H22N2O4S. The van der Waals surface area contributed by atoms with Gasteiger partial charge in [-0.1, -0.05) is 18.6 Å². The number of amides is 1. The fourth-order valence-electron chi connectivity index (χ4n) is 2.87. The van der Waals surface area contributed by atoms with E-state index in [0.717, 1.165) is 30.4 Å². The van der Waals surface area contributed by atoms with Crippen LogP contribution in [0.2, 0.25) is 0 Å². The SMILES string of the molecule is Cc1ccc(C)c(NC(=O)c2ccc(S(=O)(=O)N3CCCCC3)o2)c1. The van der Waals surface area contributed by atoms with Crippen molar-refractivity contribution >= 4 is 21.6 Å². The maximum absolute atomic E-state index is 12.6. The van der Waals surface area contributed by atoms with Gasteiger partial charge in [-0.15, -0.1) is 0 Å². The van der Waals surface area contributed by atoms with Crippen LogP contribution in [0.1, 0.15) is 40.9 Å². The molecule has 0 bridgehead atoms. The average molecular weight is 362 g/mol. The number of carbonyl (C=O) groups is 1. The number of furan rings is 1. The summed E-state index contributed by atoms with van der Waals surface area (Å²) >= 11 is 0. The summed E-state index contributed by atoms with van der Waals surface area (Å²) in [6, 6.07) is 8.49. The normalized spacial score (nSPS) is 15.9. The van der Waals surface area contributed by atoms with Crippen molar-refractivity contribution in [2.75, 3.05) is 18.4 Å². The van der Waals surface area contributed by atoms with E-state index in [9.17, 15) is 13.2 Å². The van der Waals surface area contributed by atoms with E-state index >= 15 is 0 Å². The molecule has 1 amide bonds. The predicted octanol–water partition coefficient (Wildman–Crippen LogP) is 3.32. The van der Waals surface area contributed by atoms with Crippen molar-refractivity contribution in [3.63, 3.8) is 0 Å². The minimum absolute atomic E-state index is 0.0171. The van der Waals surface area contributed by atoms with Crippen molar-refractivity contribution in [1.29, 1.82) is 0 Å². The Kier molecular flexibility index (Phi) is 4.96. The molecule has 7 heteroatoms. The molecule has 0 radical (unpaired) electrons. The Bertz CT molecular complexity index is 880. The van der Waals surface area contributed by atoms with Gasteiger partial charge in [-0.25, -0.2) is 8.42 Å². The Hall–Kier alpha value is -2.12. The first-order chi connectivity index (χ1) is 11.9. The van der Waals surface area contributed by atoms with Gasteiger partial charge in [-0.3, -0.25) is 4.79 Å². The molecule has 25 heavy (non-hydrogen) atoms. The summed E-state index contributed by atoms with van der Waals surface area (Å²) in [7, 11) is -3.68. The number of anilines is 1. The van der Waals surface area contributed by atoms with E-state index in [0.29, 0.717) is 18.8 Å². The molecule has 0 spiro atoms. The highest BCUT2D eigenvalue weighted by atomic mass is 32.2. The summed E-state index contributed by atoms with van der Waals surface area (Å²) in [6.45, 7) is 4.81. The molecule has 0 aliphatic carbocycles. The number of piperidine rings is 1. The van der Waals surface area contributed by atoms with Crippen LogP contribution in [0.5, 0.6) is 0 Å². The monoisotopic (exact) mass is 362 g/mol. The molecule has 2 aromatic rings. The molecular weight excluding hydrogens is 340 g/mol. The molecule has 1 saturated heterocycles. The molecule has 0 unspecified atom stereocenters. The summed E-state index contributed by atoms with van der Waals surface area (Å²) < 4.78 is 31.9. The van der Waals surface area contributed by atoms with E-state index in [1.165, 1.54) is 16.4 Å². The van der Waals surface area contributed by atoms with E-state index in [2.05, 4.69) is 5.32 Å². The zero-order valence-electron chi connectivity index (χ0n) is 14.4. The van der Waals surface area contributed by atoms with Crippen LogP contribution in [0.4, 0.5) is 5.69 Å². The van der Waals surface area contributed by atoms with Crippen LogP contribution in [0, 0.1) is 13.8 Å². The molecule has 1 aromatic carbocycles. The first-order valence-corrected chi connectivity index (χ1v) is 9.80. The third-order valence-corrected chi connectivity index (χ3v) is 6.13. The minimum atomic E-state index is -3.68. The Labute approximate surface area is 147 Å². The second-order valence-corrected chi connectivity index (χ2v) is 8.22. The maximum atomic E-state index is 12.6. The van der Waals surface area contributed by atoms with Crippen LogP contribution in [0.3, 0.4) is 0 Å². The topological polar surface area (TPSA) is 79.6 Å². The van der Waals surface area contributed by atoms with E-state index in [1.807, 2.05) is 32.0 Å². The van der Waals surface area contributed by atoms with E-state index < -0.39 is 15.9 Å². The highest BCUT2D eigenvalue weighted by Gasteiger charge is 2.29. The van der Waals surface area contributed by atoms with Crippen molar-refractivity contribution in [3.8, 4) is 0 Å². The lowest BCUT2D eigenvalue weighted by Gasteiger charge is -2.24. The second kappa shape index (κ2) is 7.01. The molecule has 1 aliphatic heterocycles. The van der Waals surface area contributed by atoms with Crippen LogP contribution >= 0.6 is 0 Å². The zero-order chi connectivity index (χ0) is 18.0. The van der Waals surface area contributed by atoms with Gasteiger partial charge in [0.1, 0.15) is 0 Å². The largest absolute Gasteiger partial charge is 0.438 e. The first kappa shape index (κ1) is 17.7. The average Bonchev–Trinajstić information content (AvgIpc) is 3.10. The minimum Gasteiger partial charge on any atom is -0.438 e. The molecule has 134 valence electrons. The quantitative estimate of drug-likeness (QED) is 0.905. The standard InChI is InChI=1S/C18H22N2O4S/c1-13-6-7-14(2)15(12-13)19-18(21)16-8-9-17(24-16)25(22,23)20-10-4-3-5-11-20/h6-9,12H,3-5,10-11H2,1-2H3,(H,19,21). The van der Waals surface area contributed by atoms with Gasteiger partial charge in [0.15, 0.2) is 5.76 Å². The number of nitrogens with zero attached hydrogens (tertiary/aromatic N) is 1. The molecule has 1 N–H and O–H groups in total. The van der Waals surface area contributed by atoms with Gasteiger partial charge in [0, 0.05) is 18.8 Å². The highest BCUT2D eigenvalue weighted by Crippen LogP contribution is 2.23. The Morgan fingerprint density at radius 2 is 1.80 bits per heavy atom. The Morgan fingerprint density at radius 1 is 1.08 bits per heavy atom. The number of aryl methyl sites for hydroxylation is 2. The van der Waals surface area contributed by atoms with Crippen molar-refractivity contribution in [1.82, 2.24) is 4.31 Å². The summed E-state index contributed by atoms with van der Waals surface area (Å²) in [4.78, 5) is 12.4. The van der Waals surface area contributed by atoms with Crippen LogP contribution in [0.15, 0.2) is 39.8 Å². The van der Waals surface area contributed by atoms with Crippen LogP contribution in [-0.2, 0) is 10.0 Å². The van der Waals surface area contributed by atoms with Crippen LogP contribution in [-0.4, -0.2) is 31.7 Å². The zero-order valence-corrected chi connectivity index (χ0v) is 15.2. The van der Waals surface area contributed by atoms with Gasteiger partial charge in [0.25, 0.3) is 15.9 Å². The lowest BCUT2D eigenvalue weighted by atomic mass is 10.1. The summed E-state index contributed by atoms with van der Waals surface area (Å²) in [6.07, 6.45) is 2.73. The lowest BCUT2D eigenvalue weighted by molar-refractivity contribution is 0.0991. The second-order valence-electron chi connectivity index (χ2n) is 6.36. The number of sulfonamides is 1. The molecule has 2 heterocycles. The Morgan fingerprint density at radius 3 is 2.52 bits per heavy atom. The third-order valence-electron chi connectivity index (χ3n) is 4.36. The molecule has 1 aliphatic rings. The summed E-state index contributed by atoms with van der Waals surface area (Å²) in [5, 5.41) is 2.59. The first-order valence-electron chi connectivity index (χ1n) is 8.36. The fourth-order valence-corrected chi connectivity index (χ4v) is 4.30. The number of hydrogen-bond donors (Lipinski definition) is 1. The molecule has 3 rings (SSSR count).